The molecule has 0 saturated carbocycles. The first-order valence-electron chi connectivity index (χ1n) is 4.03. The highest BCUT2D eigenvalue weighted by Crippen LogP contribution is 2.16. The van der Waals surface area contributed by atoms with Crippen molar-refractivity contribution in [2.45, 2.75) is 6.54 Å². The van der Waals surface area contributed by atoms with Gasteiger partial charge in [0.05, 0.1) is 14.2 Å². The highest BCUT2D eigenvalue weighted by atomic mass is 16.5. The molecule has 0 atom stereocenters. The van der Waals surface area contributed by atoms with Gasteiger partial charge >= 0.3 is 0 Å². The Labute approximate surface area is 77.9 Å². The summed E-state index contributed by atoms with van der Waals surface area (Å²) in [5.74, 6) is 1.15. The monoisotopic (exact) mass is 182 g/mol. The van der Waals surface area contributed by atoms with E-state index in [1.165, 1.54) is 0 Å². The third-order valence-corrected chi connectivity index (χ3v) is 1.64. The van der Waals surface area contributed by atoms with Crippen molar-refractivity contribution >= 4 is 0 Å². The van der Waals surface area contributed by atoms with E-state index in [0.717, 1.165) is 12.1 Å². The van der Waals surface area contributed by atoms with Crippen LogP contribution < -0.4 is 14.8 Å². The fourth-order valence-corrected chi connectivity index (χ4v) is 1.05. The van der Waals surface area contributed by atoms with Gasteiger partial charge in [-0.3, -0.25) is 0 Å². The number of pyridine rings is 1. The molecule has 13 heavy (non-hydrogen) atoms. The Morgan fingerprint density at radius 3 is 2.15 bits per heavy atom. The standard InChI is InChI=1S/C9H14N2O2/c1-10-6-7-4-8(12-2)11-9(5-7)13-3/h4-5,10H,6H2,1-3H3. The van der Waals surface area contributed by atoms with Crippen molar-refractivity contribution in [3.63, 3.8) is 0 Å². The maximum Gasteiger partial charge on any atom is 0.216 e. The first kappa shape index (κ1) is 9.80. The second kappa shape index (κ2) is 4.67. The minimum Gasteiger partial charge on any atom is -0.481 e. The van der Waals surface area contributed by atoms with Crippen molar-refractivity contribution in [3.05, 3.63) is 17.7 Å². The summed E-state index contributed by atoms with van der Waals surface area (Å²) in [6, 6.07) is 3.75. The topological polar surface area (TPSA) is 43.4 Å². The van der Waals surface area contributed by atoms with Gasteiger partial charge in [0.15, 0.2) is 0 Å². The molecule has 1 rings (SSSR count). The van der Waals surface area contributed by atoms with Crippen LogP contribution in [0.25, 0.3) is 0 Å². The van der Waals surface area contributed by atoms with E-state index in [4.69, 9.17) is 9.47 Å². The van der Waals surface area contributed by atoms with Crippen LogP contribution in [0.4, 0.5) is 0 Å². The number of nitrogens with one attached hydrogen (secondary N) is 1. The molecule has 1 aromatic rings. The SMILES string of the molecule is CNCc1cc(OC)nc(OC)c1. The highest BCUT2D eigenvalue weighted by molar-refractivity contribution is 5.28. The van der Waals surface area contributed by atoms with Crippen molar-refractivity contribution < 1.29 is 9.47 Å². The van der Waals surface area contributed by atoms with Gasteiger partial charge in [0.25, 0.3) is 0 Å². The summed E-state index contributed by atoms with van der Waals surface area (Å²) in [5, 5.41) is 3.05. The zero-order valence-electron chi connectivity index (χ0n) is 8.13. The van der Waals surface area contributed by atoms with Crippen molar-refractivity contribution in [3.8, 4) is 11.8 Å². The van der Waals surface area contributed by atoms with E-state index >= 15 is 0 Å². The van der Waals surface area contributed by atoms with Crippen LogP contribution >= 0.6 is 0 Å². The Balaban J connectivity index is 2.93. The van der Waals surface area contributed by atoms with Crippen molar-refractivity contribution in [2.75, 3.05) is 21.3 Å². The molecule has 0 fully saturated rings. The third-order valence-electron chi connectivity index (χ3n) is 1.64. The van der Waals surface area contributed by atoms with E-state index in [1.807, 2.05) is 19.2 Å². The van der Waals surface area contributed by atoms with Gasteiger partial charge in [-0.1, -0.05) is 0 Å². The van der Waals surface area contributed by atoms with Crippen molar-refractivity contribution in [2.24, 2.45) is 0 Å². The predicted molar refractivity (Wildman–Crippen MR) is 50.1 cm³/mol. The second-order valence-corrected chi connectivity index (χ2v) is 2.59. The zero-order chi connectivity index (χ0) is 9.68. The quantitative estimate of drug-likeness (QED) is 0.748. The van der Waals surface area contributed by atoms with Gasteiger partial charge in [-0.15, -0.1) is 0 Å². The molecule has 0 radical (unpaired) electrons. The molecule has 1 N–H and O–H groups in total. The first-order chi connectivity index (χ1) is 6.30. The molecule has 4 heteroatoms. The van der Waals surface area contributed by atoms with Crippen LogP contribution in [0.5, 0.6) is 11.8 Å². The summed E-state index contributed by atoms with van der Waals surface area (Å²) in [6.45, 7) is 0.773. The molecular weight excluding hydrogens is 168 g/mol. The number of hydrogen-bond donors (Lipinski definition) is 1. The molecular formula is C9H14N2O2. The maximum absolute atomic E-state index is 5.02. The van der Waals surface area contributed by atoms with Crippen LogP contribution in [0.1, 0.15) is 5.56 Å². The summed E-state index contributed by atoms with van der Waals surface area (Å²) >= 11 is 0. The van der Waals surface area contributed by atoms with Gasteiger partial charge in [0.2, 0.25) is 11.8 Å². The van der Waals surface area contributed by atoms with Crippen molar-refractivity contribution in [1.29, 1.82) is 0 Å². The summed E-state index contributed by atoms with van der Waals surface area (Å²) in [5.41, 5.74) is 1.09. The lowest BCUT2D eigenvalue weighted by molar-refractivity contribution is 0.363. The third kappa shape index (κ3) is 2.59. The Morgan fingerprint density at radius 1 is 1.23 bits per heavy atom. The van der Waals surface area contributed by atoms with Gasteiger partial charge in [-0.25, -0.2) is 0 Å². The minimum atomic E-state index is 0.574. The fourth-order valence-electron chi connectivity index (χ4n) is 1.05. The van der Waals surface area contributed by atoms with Crippen LogP contribution in [0, 0.1) is 0 Å². The lowest BCUT2D eigenvalue weighted by Crippen LogP contribution is -2.06. The molecule has 72 valence electrons. The number of methoxy groups -OCH3 is 2. The Hall–Kier alpha value is -1.29. The van der Waals surface area contributed by atoms with Crippen LogP contribution in [0.15, 0.2) is 12.1 Å². The molecule has 0 unspecified atom stereocenters. The largest absolute Gasteiger partial charge is 0.481 e. The lowest BCUT2D eigenvalue weighted by Gasteiger charge is -2.06. The molecule has 0 aliphatic rings. The van der Waals surface area contributed by atoms with Gasteiger partial charge in [-0.2, -0.15) is 4.98 Å². The molecule has 0 aliphatic carbocycles. The number of hydrogen-bond acceptors (Lipinski definition) is 4. The van der Waals surface area contributed by atoms with Gasteiger partial charge in [0.1, 0.15) is 0 Å². The van der Waals surface area contributed by atoms with Crippen molar-refractivity contribution in [1.82, 2.24) is 10.3 Å². The number of aromatic nitrogens is 1. The predicted octanol–water partition coefficient (Wildman–Crippen LogP) is 0.818. The van der Waals surface area contributed by atoms with Crippen LogP contribution in [-0.2, 0) is 6.54 Å². The number of nitrogens with zero attached hydrogens (tertiary/aromatic N) is 1. The first-order valence-corrected chi connectivity index (χ1v) is 4.03. The molecule has 0 spiro atoms. The molecule has 0 aliphatic heterocycles. The van der Waals surface area contributed by atoms with Crippen LogP contribution in [0.2, 0.25) is 0 Å². The van der Waals surface area contributed by atoms with E-state index in [2.05, 4.69) is 10.3 Å². The van der Waals surface area contributed by atoms with Gasteiger partial charge in [0, 0.05) is 18.7 Å². The second-order valence-electron chi connectivity index (χ2n) is 2.59. The van der Waals surface area contributed by atoms with Crippen LogP contribution in [0.3, 0.4) is 0 Å². The molecule has 0 saturated heterocycles. The Bertz CT molecular complexity index is 254. The molecule has 1 aromatic heterocycles. The normalized spacial score (nSPS) is 9.77. The summed E-state index contributed by atoms with van der Waals surface area (Å²) in [6.07, 6.45) is 0. The van der Waals surface area contributed by atoms with E-state index in [9.17, 15) is 0 Å². The molecule has 0 amide bonds. The van der Waals surface area contributed by atoms with E-state index in [0.29, 0.717) is 11.8 Å². The summed E-state index contributed by atoms with van der Waals surface area (Å²) in [7, 11) is 5.06. The summed E-state index contributed by atoms with van der Waals surface area (Å²) < 4.78 is 10.0. The molecule has 1 heterocycles. The average Bonchev–Trinajstić information content (AvgIpc) is 2.17. The number of ether oxygens (including phenoxy) is 2. The molecule has 0 bridgehead atoms. The fraction of sp³-hybridized carbons (Fsp3) is 0.444. The minimum absolute atomic E-state index is 0.574. The Kier molecular flexibility index (Phi) is 3.52. The van der Waals surface area contributed by atoms with Crippen LogP contribution in [-0.4, -0.2) is 26.3 Å². The molecule has 4 nitrogen and oxygen atoms in total. The lowest BCUT2D eigenvalue weighted by atomic mass is 10.2. The zero-order valence-corrected chi connectivity index (χ0v) is 8.13. The van der Waals surface area contributed by atoms with E-state index in [1.54, 1.807) is 14.2 Å². The summed E-state index contributed by atoms with van der Waals surface area (Å²) in [4.78, 5) is 4.08. The smallest absolute Gasteiger partial charge is 0.216 e. The van der Waals surface area contributed by atoms with E-state index < -0.39 is 0 Å². The Morgan fingerprint density at radius 2 is 1.77 bits per heavy atom. The highest BCUT2D eigenvalue weighted by Gasteiger charge is 2.01. The average molecular weight is 182 g/mol. The maximum atomic E-state index is 5.02. The van der Waals surface area contributed by atoms with Gasteiger partial charge < -0.3 is 14.8 Å². The van der Waals surface area contributed by atoms with E-state index in [-0.39, 0.29) is 0 Å². The van der Waals surface area contributed by atoms with Gasteiger partial charge in [-0.05, 0) is 12.6 Å². The molecule has 0 aromatic carbocycles. The number of rotatable bonds is 4.